The SMILES string of the molecule is O=C(Cc1ccc(F)cc1)NCCNC(=O)C1(c2ccc(Br)cc2)CCOCC1. The van der Waals surface area contributed by atoms with Crippen LogP contribution < -0.4 is 10.6 Å². The zero-order valence-electron chi connectivity index (χ0n) is 16.0. The van der Waals surface area contributed by atoms with E-state index in [4.69, 9.17) is 4.74 Å². The first kappa shape index (κ1) is 21.5. The molecule has 2 aromatic carbocycles. The minimum Gasteiger partial charge on any atom is -0.381 e. The number of amides is 2. The molecule has 0 radical (unpaired) electrons. The molecule has 2 N–H and O–H groups in total. The first-order chi connectivity index (χ1) is 14.0. The summed E-state index contributed by atoms with van der Waals surface area (Å²) < 4.78 is 19.4. The third kappa shape index (κ3) is 5.64. The second-order valence-electron chi connectivity index (χ2n) is 7.11. The molecule has 1 heterocycles. The lowest BCUT2D eigenvalue weighted by molar-refractivity contribution is -0.130. The molecule has 0 atom stereocenters. The summed E-state index contributed by atoms with van der Waals surface area (Å²) in [5.74, 6) is -0.542. The van der Waals surface area contributed by atoms with Gasteiger partial charge in [-0.1, -0.05) is 40.2 Å². The van der Waals surface area contributed by atoms with Gasteiger partial charge < -0.3 is 15.4 Å². The average molecular weight is 463 g/mol. The van der Waals surface area contributed by atoms with E-state index in [0.717, 1.165) is 15.6 Å². The highest BCUT2D eigenvalue weighted by Crippen LogP contribution is 2.35. The fraction of sp³-hybridized carbons (Fsp3) is 0.364. The van der Waals surface area contributed by atoms with Crippen LogP contribution in [0.25, 0.3) is 0 Å². The summed E-state index contributed by atoms with van der Waals surface area (Å²) in [5, 5.41) is 5.75. The molecule has 0 unspecified atom stereocenters. The average Bonchev–Trinajstić information content (AvgIpc) is 2.73. The normalized spacial score (nSPS) is 15.5. The first-order valence-corrected chi connectivity index (χ1v) is 10.4. The van der Waals surface area contributed by atoms with Gasteiger partial charge in [-0.15, -0.1) is 0 Å². The van der Waals surface area contributed by atoms with Gasteiger partial charge in [0, 0.05) is 30.8 Å². The van der Waals surface area contributed by atoms with Crippen LogP contribution in [0.15, 0.2) is 53.0 Å². The van der Waals surface area contributed by atoms with E-state index >= 15 is 0 Å². The lowest BCUT2D eigenvalue weighted by Crippen LogP contribution is -2.49. The Bertz CT molecular complexity index is 834. The van der Waals surface area contributed by atoms with Crippen molar-refractivity contribution >= 4 is 27.7 Å². The smallest absolute Gasteiger partial charge is 0.230 e. The number of ether oxygens (including phenoxy) is 1. The van der Waals surface area contributed by atoms with Crippen LogP contribution in [0, 0.1) is 5.82 Å². The minimum atomic E-state index is -0.614. The van der Waals surface area contributed by atoms with Crippen LogP contribution in [0.3, 0.4) is 0 Å². The molecule has 1 aliphatic heterocycles. The van der Waals surface area contributed by atoms with E-state index in [9.17, 15) is 14.0 Å². The lowest BCUT2D eigenvalue weighted by atomic mass is 9.73. The van der Waals surface area contributed by atoms with Gasteiger partial charge in [-0.05, 0) is 48.2 Å². The number of hydrogen-bond acceptors (Lipinski definition) is 3. The number of carbonyl (C=O) groups is 2. The molecule has 1 saturated heterocycles. The van der Waals surface area contributed by atoms with Crippen LogP contribution in [-0.4, -0.2) is 38.1 Å². The van der Waals surface area contributed by atoms with E-state index < -0.39 is 5.41 Å². The summed E-state index contributed by atoms with van der Waals surface area (Å²) in [6.07, 6.45) is 1.42. The van der Waals surface area contributed by atoms with Crippen molar-refractivity contribution < 1.29 is 18.7 Å². The van der Waals surface area contributed by atoms with Crippen molar-refractivity contribution in [3.05, 3.63) is 69.9 Å². The molecule has 0 aromatic heterocycles. The van der Waals surface area contributed by atoms with Crippen molar-refractivity contribution in [1.82, 2.24) is 10.6 Å². The van der Waals surface area contributed by atoms with Crippen LogP contribution in [0.4, 0.5) is 4.39 Å². The molecule has 3 rings (SSSR count). The molecular weight excluding hydrogens is 439 g/mol. The van der Waals surface area contributed by atoms with Gasteiger partial charge >= 0.3 is 0 Å². The Morgan fingerprint density at radius 2 is 1.59 bits per heavy atom. The zero-order valence-corrected chi connectivity index (χ0v) is 17.6. The van der Waals surface area contributed by atoms with Crippen molar-refractivity contribution in [3.63, 3.8) is 0 Å². The summed E-state index contributed by atoms with van der Waals surface area (Å²) in [4.78, 5) is 25.1. The quantitative estimate of drug-likeness (QED) is 0.621. The molecule has 0 aliphatic carbocycles. The highest BCUT2D eigenvalue weighted by Gasteiger charge is 2.41. The van der Waals surface area contributed by atoms with Crippen molar-refractivity contribution in [2.75, 3.05) is 26.3 Å². The standard InChI is InChI=1S/C22H24BrFN2O3/c23-18-5-3-17(4-6-18)22(9-13-29-14-10-22)21(28)26-12-11-25-20(27)15-16-1-7-19(24)8-2-16/h1-8H,9-15H2,(H,25,27)(H,26,28). The van der Waals surface area contributed by atoms with Crippen LogP contribution in [0.1, 0.15) is 24.0 Å². The van der Waals surface area contributed by atoms with E-state index in [2.05, 4.69) is 26.6 Å². The van der Waals surface area contributed by atoms with E-state index in [-0.39, 0.29) is 24.1 Å². The van der Waals surface area contributed by atoms with E-state index in [1.165, 1.54) is 12.1 Å². The number of rotatable bonds is 7. The van der Waals surface area contributed by atoms with Gasteiger partial charge in [0.15, 0.2) is 0 Å². The van der Waals surface area contributed by atoms with Gasteiger partial charge in [0.2, 0.25) is 11.8 Å². The molecule has 154 valence electrons. The molecule has 1 aliphatic rings. The van der Waals surface area contributed by atoms with Gasteiger partial charge in [0.25, 0.3) is 0 Å². The van der Waals surface area contributed by atoms with Crippen molar-refractivity contribution in [2.24, 2.45) is 0 Å². The van der Waals surface area contributed by atoms with Gasteiger partial charge in [0.05, 0.1) is 11.8 Å². The van der Waals surface area contributed by atoms with E-state index in [0.29, 0.717) is 39.1 Å². The molecule has 1 fully saturated rings. The second-order valence-corrected chi connectivity index (χ2v) is 8.03. The molecule has 0 saturated carbocycles. The Hall–Kier alpha value is -2.25. The monoisotopic (exact) mass is 462 g/mol. The number of hydrogen-bond donors (Lipinski definition) is 2. The van der Waals surface area contributed by atoms with E-state index in [1.54, 1.807) is 12.1 Å². The first-order valence-electron chi connectivity index (χ1n) is 9.63. The van der Waals surface area contributed by atoms with E-state index in [1.807, 2.05) is 24.3 Å². The fourth-order valence-electron chi connectivity index (χ4n) is 3.53. The maximum Gasteiger partial charge on any atom is 0.230 e. The Morgan fingerprint density at radius 3 is 2.24 bits per heavy atom. The molecular formula is C22H24BrFN2O3. The zero-order chi connectivity index (χ0) is 20.7. The van der Waals surface area contributed by atoms with Crippen molar-refractivity contribution in [2.45, 2.75) is 24.7 Å². The van der Waals surface area contributed by atoms with Crippen LogP contribution >= 0.6 is 15.9 Å². The predicted molar refractivity (Wildman–Crippen MR) is 112 cm³/mol. The molecule has 5 nitrogen and oxygen atoms in total. The van der Waals surface area contributed by atoms with Gasteiger partial charge in [0.1, 0.15) is 5.82 Å². The van der Waals surface area contributed by atoms with Crippen LogP contribution in [-0.2, 0) is 26.2 Å². The topological polar surface area (TPSA) is 67.4 Å². The Kier molecular flexibility index (Phi) is 7.39. The number of carbonyl (C=O) groups excluding carboxylic acids is 2. The van der Waals surface area contributed by atoms with Crippen molar-refractivity contribution in [3.8, 4) is 0 Å². The van der Waals surface area contributed by atoms with Crippen LogP contribution in [0.2, 0.25) is 0 Å². The summed E-state index contributed by atoms with van der Waals surface area (Å²) in [6, 6.07) is 13.7. The highest BCUT2D eigenvalue weighted by molar-refractivity contribution is 9.10. The second kappa shape index (κ2) is 9.98. The number of halogens is 2. The highest BCUT2D eigenvalue weighted by atomic mass is 79.9. The third-order valence-corrected chi connectivity index (χ3v) is 5.72. The number of benzene rings is 2. The summed E-state index contributed by atoms with van der Waals surface area (Å²) in [7, 11) is 0. The predicted octanol–water partition coefficient (Wildman–Crippen LogP) is 3.11. The largest absolute Gasteiger partial charge is 0.381 e. The Morgan fingerprint density at radius 1 is 0.966 bits per heavy atom. The van der Waals surface area contributed by atoms with Gasteiger partial charge in [-0.2, -0.15) is 0 Å². The molecule has 7 heteroatoms. The Balaban J connectivity index is 1.52. The molecule has 0 bridgehead atoms. The van der Waals surface area contributed by atoms with Gasteiger partial charge in [-0.3, -0.25) is 9.59 Å². The third-order valence-electron chi connectivity index (χ3n) is 5.19. The van der Waals surface area contributed by atoms with Crippen molar-refractivity contribution in [1.29, 1.82) is 0 Å². The number of nitrogens with one attached hydrogen (secondary N) is 2. The minimum absolute atomic E-state index is 0.0455. The fourth-order valence-corrected chi connectivity index (χ4v) is 3.80. The molecule has 29 heavy (non-hydrogen) atoms. The Labute approximate surface area is 178 Å². The summed E-state index contributed by atoms with van der Waals surface area (Å²) in [5.41, 5.74) is 1.10. The van der Waals surface area contributed by atoms with Crippen LogP contribution in [0.5, 0.6) is 0 Å². The maximum atomic E-state index is 13.0. The summed E-state index contributed by atoms with van der Waals surface area (Å²) in [6.45, 7) is 1.75. The summed E-state index contributed by atoms with van der Waals surface area (Å²) >= 11 is 3.43. The lowest BCUT2D eigenvalue weighted by Gasteiger charge is -2.36. The van der Waals surface area contributed by atoms with Gasteiger partial charge in [-0.25, -0.2) is 4.39 Å². The molecule has 2 amide bonds. The molecule has 0 spiro atoms. The molecule has 2 aromatic rings. The maximum absolute atomic E-state index is 13.0.